The van der Waals surface area contributed by atoms with E-state index in [-0.39, 0.29) is 24.3 Å². The van der Waals surface area contributed by atoms with Crippen LogP contribution in [0.1, 0.15) is 41.6 Å². The number of alkyl halides is 4. The lowest BCUT2D eigenvalue weighted by atomic mass is 9.83. The van der Waals surface area contributed by atoms with Gasteiger partial charge in [-0.15, -0.1) is 0 Å². The van der Waals surface area contributed by atoms with Crippen molar-refractivity contribution >= 4 is 5.91 Å². The van der Waals surface area contributed by atoms with Crippen molar-refractivity contribution in [2.75, 3.05) is 13.1 Å². The fraction of sp³-hybridized carbons (Fsp3) is 0.320. The number of hydrogen-bond acceptors (Lipinski definition) is 4. The Balaban J connectivity index is 1.66. The molecule has 1 saturated heterocycles. The molecular formula is C25H23F5N4O2. The number of amides is 1. The zero-order valence-corrected chi connectivity index (χ0v) is 19.2. The molecule has 6 nitrogen and oxygen atoms in total. The molecule has 11 heteroatoms. The molecule has 0 bridgehead atoms. The van der Waals surface area contributed by atoms with Gasteiger partial charge in [-0.05, 0) is 48.9 Å². The van der Waals surface area contributed by atoms with Gasteiger partial charge in [0.05, 0.1) is 11.6 Å². The van der Waals surface area contributed by atoms with E-state index in [4.69, 9.17) is 5.73 Å². The Morgan fingerprint density at radius 2 is 1.78 bits per heavy atom. The maximum atomic E-state index is 14.9. The molecule has 0 radical (unpaired) electrons. The summed E-state index contributed by atoms with van der Waals surface area (Å²) >= 11 is 0. The quantitative estimate of drug-likeness (QED) is 0.497. The average molecular weight is 506 g/mol. The topological polar surface area (TPSA) is 92.1 Å². The van der Waals surface area contributed by atoms with Crippen LogP contribution in [0, 0.1) is 5.82 Å². The zero-order valence-electron chi connectivity index (χ0n) is 19.2. The summed E-state index contributed by atoms with van der Waals surface area (Å²) in [6.45, 7) is 0.901. The maximum absolute atomic E-state index is 14.9. The molecule has 0 spiro atoms. The second-order valence-corrected chi connectivity index (χ2v) is 8.95. The van der Waals surface area contributed by atoms with E-state index >= 15 is 0 Å². The summed E-state index contributed by atoms with van der Waals surface area (Å²) in [6, 6.07) is 8.47. The third-order valence-electron chi connectivity index (χ3n) is 6.78. The van der Waals surface area contributed by atoms with Crippen LogP contribution in [0.2, 0.25) is 0 Å². The van der Waals surface area contributed by atoms with E-state index in [1.807, 2.05) is 0 Å². The minimum atomic E-state index is -3.50. The summed E-state index contributed by atoms with van der Waals surface area (Å²) in [5, 5.41) is 0. The van der Waals surface area contributed by atoms with Gasteiger partial charge in [0.25, 0.3) is 11.8 Å². The third-order valence-corrected chi connectivity index (χ3v) is 6.78. The number of pyridine rings is 2. The van der Waals surface area contributed by atoms with Crippen LogP contribution in [0.3, 0.4) is 0 Å². The van der Waals surface area contributed by atoms with E-state index in [1.165, 1.54) is 30.2 Å². The number of rotatable bonds is 6. The fourth-order valence-electron chi connectivity index (χ4n) is 4.44. The molecule has 0 aliphatic carbocycles. The second-order valence-electron chi connectivity index (χ2n) is 8.95. The number of carbonyl (C=O) groups excluding carboxylic acids is 1. The maximum Gasteiger partial charge on any atom is 0.299 e. The molecule has 36 heavy (non-hydrogen) atoms. The number of nitrogens with one attached hydrogen (secondary N) is 1. The third kappa shape index (κ3) is 4.50. The monoisotopic (exact) mass is 506 g/mol. The van der Waals surface area contributed by atoms with Gasteiger partial charge in [0.15, 0.2) is 0 Å². The van der Waals surface area contributed by atoms with Crippen LogP contribution in [0.5, 0.6) is 0 Å². The molecule has 3 heterocycles. The van der Waals surface area contributed by atoms with Crippen molar-refractivity contribution in [3.05, 3.63) is 99.5 Å². The summed E-state index contributed by atoms with van der Waals surface area (Å²) in [6.07, 6.45) is 1.49. The van der Waals surface area contributed by atoms with E-state index in [1.54, 1.807) is 0 Å². The normalized spacial score (nSPS) is 20.0. The minimum Gasteiger partial charge on any atom is -0.368 e. The van der Waals surface area contributed by atoms with Gasteiger partial charge in [-0.25, -0.2) is 13.2 Å². The lowest BCUT2D eigenvalue weighted by molar-refractivity contribution is -0.139. The molecule has 190 valence electrons. The van der Waals surface area contributed by atoms with Gasteiger partial charge in [0.2, 0.25) is 11.5 Å². The van der Waals surface area contributed by atoms with Gasteiger partial charge in [0, 0.05) is 49.1 Å². The highest BCUT2D eigenvalue weighted by Gasteiger charge is 2.51. The van der Waals surface area contributed by atoms with E-state index in [0.717, 1.165) is 42.6 Å². The van der Waals surface area contributed by atoms with Gasteiger partial charge < -0.3 is 10.7 Å². The lowest BCUT2D eigenvalue weighted by Gasteiger charge is -2.46. The van der Waals surface area contributed by atoms with Crippen LogP contribution in [-0.2, 0) is 16.3 Å². The molecule has 1 fully saturated rings. The number of aromatic nitrogens is 2. The lowest BCUT2D eigenvalue weighted by Crippen LogP contribution is -2.59. The molecule has 3 aromatic rings. The summed E-state index contributed by atoms with van der Waals surface area (Å²) in [5.41, 5.74) is 2.82. The number of halogens is 5. The highest BCUT2D eigenvalue weighted by Crippen LogP contribution is 2.44. The number of likely N-dealkylation sites (tertiary alicyclic amines) is 1. The number of nitrogens with zero attached hydrogens (tertiary/aromatic N) is 2. The largest absolute Gasteiger partial charge is 0.368 e. The first kappa shape index (κ1) is 25.5. The average Bonchev–Trinajstić information content (AvgIpc) is 2.84. The number of carbonyl (C=O) groups is 1. The minimum absolute atomic E-state index is 0.0130. The Hall–Kier alpha value is -3.60. The van der Waals surface area contributed by atoms with Crippen LogP contribution in [0.25, 0.3) is 0 Å². The standard InChI is InChI=1S/C25H23F5N4O2/c1-23(22(31)36,34-11-10-24(27,28)19(14-34)15-2-9-21(35)33-12-15)20-8-5-17(13-32-20)25(29,30)16-3-6-18(26)7-4-16/h2-9,12-13,19H,10-11,14H2,1H3,(H2,31,36)(H,33,35)/t19-,23?/m1/s1. The molecule has 2 atom stereocenters. The number of hydrogen-bond donors (Lipinski definition) is 2. The molecule has 1 aliphatic rings. The van der Waals surface area contributed by atoms with Crippen molar-refractivity contribution in [3.63, 3.8) is 0 Å². The number of benzene rings is 1. The Morgan fingerprint density at radius 3 is 2.33 bits per heavy atom. The first-order valence-corrected chi connectivity index (χ1v) is 11.1. The number of aromatic amines is 1. The predicted octanol–water partition coefficient (Wildman–Crippen LogP) is 3.87. The Labute approximate surface area is 203 Å². The molecule has 1 amide bonds. The predicted molar refractivity (Wildman–Crippen MR) is 121 cm³/mol. The van der Waals surface area contributed by atoms with E-state index < -0.39 is 58.1 Å². The second kappa shape index (κ2) is 9.12. The van der Waals surface area contributed by atoms with Crippen molar-refractivity contribution in [2.45, 2.75) is 36.6 Å². The van der Waals surface area contributed by atoms with Gasteiger partial charge in [0.1, 0.15) is 11.4 Å². The SMILES string of the molecule is CC(C(N)=O)(c1ccc(C(F)(F)c2ccc(F)cc2)cn1)N1CCC(F)(F)[C@@H](c2ccc(=O)[nH]c2)C1. The number of nitrogens with two attached hydrogens (primary N) is 1. The van der Waals surface area contributed by atoms with Gasteiger partial charge in [-0.2, -0.15) is 8.78 Å². The summed E-state index contributed by atoms with van der Waals surface area (Å²) < 4.78 is 72.7. The highest BCUT2D eigenvalue weighted by atomic mass is 19.3. The molecule has 1 unspecified atom stereocenters. The van der Waals surface area contributed by atoms with Gasteiger partial charge in [-0.3, -0.25) is 19.5 Å². The Bertz CT molecular complexity index is 1290. The number of piperidine rings is 1. The zero-order chi connectivity index (χ0) is 26.3. The van der Waals surface area contributed by atoms with Crippen molar-refractivity contribution in [1.29, 1.82) is 0 Å². The van der Waals surface area contributed by atoms with Crippen LogP contribution in [0.4, 0.5) is 22.0 Å². The molecular weight excluding hydrogens is 483 g/mol. The molecule has 1 aliphatic heterocycles. The first-order chi connectivity index (χ1) is 16.9. The molecule has 3 N–H and O–H groups in total. The number of primary amides is 1. The van der Waals surface area contributed by atoms with Gasteiger partial charge >= 0.3 is 0 Å². The molecule has 4 rings (SSSR count). The van der Waals surface area contributed by atoms with Crippen molar-refractivity contribution in [2.24, 2.45) is 5.73 Å². The fourth-order valence-corrected chi connectivity index (χ4v) is 4.44. The summed E-state index contributed by atoms with van der Waals surface area (Å²) in [5.74, 6) is -9.53. The first-order valence-electron chi connectivity index (χ1n) is 11.1. The van der Waals surface area contributed by atoms with E-state index in [9.17, 15) is 31.5 Å². The molecule has 2 aromatic heterocycles. The van der Waals surface area contributed by atoms with Crippen molar-refractivity contribution < 1.29 is 26.7 Å². The molecule has 0 saturated carbocycles. The summed E-state index contributed by atoms with van der Waals surface area (Å²) in [4.78, 5) is 31.9. The van der Waals surface area contributed by atoms with Crippen LogP contribution in [-0.4, -0.2) is 39.8 Å². The van der Waals surface area contributed by atoms with E-state index in [0.29, 0.717) is 0 Å². The van der Waals surface area contributed by atoms with Gasteiger partial charge in [-0.1, -0.05) is 6.07 Å². The summed E-state index contributed by atoms with van der Waals surface area (Å²) in [7, 11) is 0. The van der Waals surface area contributed by atoms with Crippen molar-refractivity contribution in [1.82, 2.24) is 14.9 Å². The Kier molecular flexibility index (Phi) is 6.46. The Morgan fingerprint density at radius 1 is 1.11 bits per heavy atom. The van der Waals surface area contributed by atoms with E-state index in [2.05, 4.69) is 9.97 Å². The molecule has 1 aromatic carbocycles. The smallest absolute Gasteiger partial charge is 0.299 e. The van der Waals surface area contributed by atoms with Crippen LogP contribution in [0.15, 0.2) is 65.7 Å². The van der Waals surface area contributed by atoms with Crippen LogP contribution < -0.4 is 11.3 Å². The van der Waals surface area contributed by atoms with Crippen molar-refractivity contribution in [3.8, 4) is 0 Å². The highest BCUT2D eigenvalue weighted by molar-refractivity contribution is 5.85. The van der Waals surface area contributed by atoms with Crippen LogP contribution >= 0.6 is 0 Å². The number of H-pyrrole nitrogens is 1.